The molecule has 0 saturated heterocycles. The number of rotatable bonds is 6. The number of carbonyl (C=O) groups excluding carboxylic acids is 4. The van der Waals surface area contributed by atoms with E-state index in [9.17, 15) is 39.6 Å². The van der Waals surface area contributed by atoms with Crippen LogP contribution in [0, 0.1) is 11.8 Å². The van der Waals surface area contributed by atoms with Crippen molar-refractivity contribution in [2.75, 3.05) is 20.6 Å². The maximum Gasteiger partial charge on any atom is 0.255 e. The number of Topliss-reactive ketones (excluding diaryl/α,β-unsaturated/α-hetero) is 3. The Labute approximate surface area is 212 Å². The van der Waals surface area contributed by atoms with Gasteiger partial charge in [-0.2, -0.15) is 0 Å². The second-order valence-electron chi connectivity index (χ2n) is 10.5. The van der Waals surface area contributed by atoms with E-state index in [1.807, 2.05) is 0 Å². The number of phenols is 1. The molecule has 4 aliphatic carbocycles. The number of primary amides is 1. The summed E-state index contributed by atoms with van der Waals surface area (Å²) in [4.78, 5) is 53.5. The smallest absolute Gasteiger partial charge is 0.255 e. The Balaban J connectivity index is 1.64. The maximum atomic E-state index is 13.7. The molecule has 1 amide bonds. The van der Waals surface area contributed by atoms with Crippen molar-refractivity contribution in [3.05, 3.63) is 51.5 Å². The van der Waals surface area contributed by atoms with Crippen molar-refractivity contribution in [3.63, 3.8) is 0 Å². The maximum absolute atomic E-state index is 13.7. The molecule has 0 spiro atoms. The molecule has 1 fully saturated rings. The quantitative estimate of drug-likeness (QED) is 0.225. The van der Waals surface area contributed by atoms with E-state index in [0.717, 1.165) is 12.8 Å². The van der Waals surface area contributed by atoms with Gasteiger partial charge in [0, 0.05) is 23.1 Å². The largest absolute Gasteiger partial charge is 0.510 e. The van der Waals surface area contributed by atoms with Crippen LogP contribution in [0.3, 0.4) is 0 Å². The molecule has 0 unspecified atom stereocenters. The minimum atomic E-state index is -2.69. The number of aliphatic hydroxyl groups excluding tert-OH is 2. The average Bonchev–Trinajstić information content (AvgIpc) is 3.64. The van der Waals surface area contributed by atoms with Crippen LogP contribution in [0.25, 0.3) is 0 Å². The molecule has 0 bridgehead atoms. The summed E-state index contributed by atoms with van der Waals surface area (Å²) in [7, 11) is 3.13. The molecule has 1 aromatic rings. The van der Waals surface area contributed by atoms with Crippen molar-refractivity contribution >= 4 is 23.3 Å². The number of likely N-dealkylation sites (N-methyl/N-ethyl adjacent to an activating group) is 1. The Morgan fingerprint density at radius 2 is 1.84 bits per heavy atom. The SMILES string of the molecule is CN(C)[C@@H]1C(O)=C(C(N)=O)C(=O)[C@@]2(O)C(O)=C3C(=O)c4c(O)ccc(C(=O)CNC5CC5)c4C[C@H]3C[C@@H]12. The van der Waals surface area contributed by atoms with Crippen LogP contribution in [-0.4, -0.2) is 86.9 Å². The average molecular weight is 512 g/mol. The number of allylic oxidation sites excluding steroid dienone is 1. The van der Waals surface area contributed by atoms with Gasteiger partial charge in [-0.1, -0.05) is 0 Å². The number of nitrogens with two attached hydrogens (primary N) is 1. The Morgan fingerprint density at radius 3 is 2.43 bits per heavy atom. The predicted octanol–water partition coefficient (Wildman–Crippen LogP) is 0.0553. The number of nitrogens with zero attached hydrogens (tertiary/aromatic N) is 1. The summed E-state index contributed by atoms with van der Waals surface area (Å²) in [5.74, 6) is -7.42. The summed E-state index contributed by atoms with van der Waals surface area (Å²) < 4.78 is 0. The number of hydrogen-bond acceptors (Lipinski definition) is 10. The van der Waals surface area contributed by atoms with E-state index in [4.69, 9.17) is 5.73 Å². The normalized spacial score (nSPS) is 29.2. The standard InChI is InChI=1S/C26H29N3O8/c1-29(2)20-14-8-10-7-13-12(16(31)9-28-11-3-4-11)5-6-15(30)18(13)21(32)17(10)23(34)26(14,37)24(35)19(22(20)33)25(27)36/h5-6,10-11,14,20,28,30,33-34,37H,3-4,7-9H2,1-2H3,(H2,27,36)/t10-,14-,20-,26-/m0/s1. The fourth-order valence-electron chi connectivity index (χ4n) is 6.13. The van der Waals surface area contributed by atoms with Crippen molar-refractivity contribution in [2.24, 2.45) is 17.6 Å². The van der Waals surface area contributed by atoms with Crippen molar-refractivity contribution in [2.45, 2.75) is 43.4 Å². The van der Waals surface area contributed by atoms with Crippen LogP contribution in [0.4, 0.5) is 0 Å². The molecule has 4 atom stereocenters. The number of nitrogens with one attached hydrogen (secondary N) is 1. The van der Waals surface area contributed by atoms with E-state index in [0.29, 0.717) is 11.6 Å². The first kappa shape index (κ1) is 25.1. The lowest BCUT2D eigenvalue weighted by Crippen LogP contribution is -2.63. The first-order chi connectivity index (χ1) is 17.4. The van der Waals surface area contributed by atoms with Gasteiger partial charge < -0.3 is 31.5 Å². The molecule has 5 rings (SSSR count). The molecule has 11 nitrogen and oxygen atoms in total. The van der Waals surface area contributed by atoms with Gasteiger partial charge >= 0.3 is 0 Å². The molecule has 7 N–H and O–H groups in total. The molecule has 1 saturated carbocycles. The Bertz CT molecular complexity index is 1330. The summed E-state index contributed by atoms with van der Waals surface area (Å²) in [6.07, 6.45) is 2.02. The topological polar surface area (TPSA) is 190 Å². The summed E-state index contributed by atoms with van der Waals surface area (Å²) in [5, 5.41) is 47.4. The highest BCUT2D eigenvalue weighted by Crippen LogP contribution is 2.52. The van der Waals surface area contributed by atoms with Crippen LogP contribution in [0.2, 0.25) is 0 Å². The van der Waals surface area contributed by atoms with Crippen LogP contribution in [0.1, 0.15) is 45.5 Å². The van der Waals surface area contributed by atoms with E-state index in [1.54, 1.807) is 14.1 Å². The predicted molar refractivity (Wildman–Crippen MR) is 129 cm³/mol. The highest BCUT2D eigenvalue weighted by molar-refractivity contribution is 6.25. The summed E-state index contributed by atoms with van der Waals surface area (Å²) in [5.41, 5.74) is 1.97. The third kappa shape index (κ3) is 3.60. The van der Waals surface area contributed by atoms with Crippen LogP contribution < -0.4 is 11.1 Å². The van der Waals surface area contributed by atoms with Gasteiger partial charge in [0.25, 0.3) is 5.91 Å². The second kappa shape index (κ2) is 8.51. The number of benzene rings is 1. The fourth-order valence-corrected chi connectivity index (χ4v) is 6.13. The minimum absolute atomic E-state index is 0.0324. The summed E-state index contributed by atoms with van der Waals surface area (Å²) in [6, 6.07) is 1.92. The van der Waals surface area contributed by atoms with Gasteiger partial charge in [-0.05, 0) is 63.4 Å². The van der Waals surface area contributed by atoms with Gasteiger partial charge in [-0.25, -0.2) is 0 Å². The zero-order valence-electron chi connectivity index (χ0n) is 20.4. The monoisotopic (exact) mass is 511 g/mol. The number of carbonyl (C=O) groups is 4. The van der Waals surface area contributed by atoms with Gasteiger partial charge in [0.15, 0.2) is 17.2 Å². The molecule has 4 aliphatic rings. The second-order valence-corrected chi connectivity index (χ2v) is 10.5. The van der Waals surface area contributed by atoms with E-state index >= 15 is 0 Å². The molecule has 0 aromatic heterocycles. The van der Waals surface area contributed by atoms with Gasteiger partial charge in [0.05, 0.1) is 18.2 Å². The molecule has 0 radical (unpaired) electrons. The van der Waals surface area contributed by atoms with E-state index < -0.39 is 63.8 Å². The lowest BCUT2D eigenvalue weighted by atomic mass is 9.58. The third-order valence-electron chi connectivity index (χ3n) is 8.04. The van der Waals surface area contributed by atoms with Crippen molar-refractivity contribution in [3.8, 4) is 5.75 Å². The number of fused-ring (bicyclic) bond motifs is 3. The van der Waals surface area contributed by atoms with E-state index in [2.05, 4.69) is 5.32 Å². The fraction of sp³-hybridized carbons (Fsp3) is 0.462. The van der Waals surface area contributed by atoms with Crippen molar-refractivity contribution in [1.29, 1.82) is 0 Å². The number of hydrogen-bond donors (Lipinski definition) is 6. The number of amides is 1. The van der Waals surface area contributed by atoms with Gasteiger partial charge in [0.1, 0.15) is 22.8 Å². The van der Waals surface area contributed by atoms with E-state index in [1.165, 1.54) is 17.0 Å². The molecule has 196 valence electrons. The van der Waals surface area contributed by atoms with Crippen LogP contribution in [-0.2, 0) is 16.0 Å². The molecule has 11 heteroatoms. The highest BCUT2D eigenvalue weighted by Gasteiger charge is 2.63. The molecule has 37 heavy (non-hydrogen) atoms. The minimum Gasteiger partial charge on any atom is -0.510 e. The number of aromatic hydroxyl groups is 1. The van der Waals surface area contributed by atoms with Gasteiger partial charge in [-0.15, -0.1) is 0 Å². The first-order valence-electron chi connectivity index (χ1n) is 12.2. The zero-order valence-corrected chi connectivity index (χ0v) is 20.4. The Morgan fingerprint density at radius 1 is 1.16 bits per heavy atom. The van der Waals surface area contributed by atoms with Crippen LogP contribution >= 0.6 is 0 Å². The van der Waals surface area contributed by atoms with E-state index in [-0.39, 0.29) is 41.9 Å². The first-order valence-corrected chi connectivity index (χ1v) is 12.2. The number of ketones is 3. The number of phenolic OH excluding ortho intramolecular Hbond substituents is 1. The van der Waals surface area contributed by atoms with Crippen molar-refractivity contribution < 1.29 is 39.6 Å². The number of aliphatic hydroxyl groups is 3. The van der Waals surface area contributed by atoms with Crippen LogP contribution in [0.5, 0.6) is 5.75 Å². The Kier molecular flexibility index (Phi) is 5.78. The molecule has 0 heterocycles. The van der Waals surface area contributed by atoms with Gasteiger partial charge in [0.2, 0.25) is 5.78 Å². The van der Waals surface area contributed by atoms with Crippen molar-refractivity contribution in [1.82, 2.24) is 10.2 Å². The highest BCUT2D eigenvalue weighted by atomic mass is 16.3. The molecule has 1 aromatic carbocycles. The molecular formula is C26H29N3O8. The third-order valence-corrected chi connectivity index (χ3v) is 8.04. The molecule has 0 aliphatic heterocycles. The lowest BCUT2D eigenvalue weighted by molar-refractivity contribution is -0.148. The van der Waals surface area contributed by atoms with Gasteiger partial charge in [-0.3, -0.25) is 24.1 Å². The molecular weight excluding hydrogens is 482 g/mol. The summed E-state index contributed by atoms with van der Waals surface area (Å²) in [6.45, 7) is 0.0723. The van der Waals surface area contributed by atoms with Crippen LogP contribution in [0.15, 0.2) is 34.8 Å². The lowest BCUT2D eigenvalue weighted by Gasteiger charge is -2.50. The zero-order chi connectivity index (χ0) is 27.0. The Hall–Kier alpha value is -3.54. The summed E-state index contributed by atoms with van der Waals surface area (Å²) >= 11 is 0.